The fraction of sp³-hybridized carbons (Fsp3) is 0.500. The third-order valence-electron chi connectivity index (χ3n) is 6.07. The van der Waals surface area contributed by atoms with Gasteiger partial charge in [0.15, 0.2) is 22.5 Å². The second-order valence-corrected chi connectivity index (χ2v) is 10.2. The number of nitrogen functional groups attached to an aromatic ring is 2. The van der Waals surface area contributed by atoms with E-state index >= 15 is 0 Å². The molecule has 180 valence electrons. The Balaban J connectivity index is 1.44. The highest BCUT2D eigenvalue weighted by molar-refractivity contribution is 9.10. The molecule has 33 heavy (non-hydrogen) atoms. The Morgan fingerprint density at radius 1 is 1.27 bits per heavy atom. The zero-order valence-electron chi connectivity index (χ0n) is 19.1. The third-order valence-corrected chi connectivity index (χ3v) is 6.96. The average molecular weight is 541 g/mol. The number of anilines is 2. The Hall–Kier alpha value is -2.14. The summed E-state index contributed by atoms with van der Waals surface area (Å²) in [5.74, 6) is -0.198. The van der Waals surface area contributed by atoms with E-state index in [1.165, 1.54) is 11.1 Å². The summed E-state index contributed by atoms with van der Waals surface area (Å²) in [5, 5.41) is 16.7. The summed E-state index contributed by atoms with van der Waals surface area (Å²) in [7, 11) is 1.97. The highest BCUT2D eigenvalue weighted by Gasteiger charge is 2.33. The predicted molar refractivity (Wildman–Crippen MR) is 135 cm³/mol. The van der Waals surface area contributed by atoms with Crippen LogP contribution in [0.4, 0.5) is 11.6 Å². The van der Waals surface area contributed by atoms with Gasteiger partial charge in [0.25, 0.3) is 5.91 Å². The molecule has 0 spiro atoms. The second-order valence-electron chi connectivity index (χ2n) is 8.97. The van der Waals surface area contributed by atoms with Crippen molar-refractivity contribution >= 4 is 45.1 Å². The van der Waals surface area contributed by atoms with E-state index in [9.17, 15) is 9.90 Å². The van der Waals surface area contributed by atoms with Gasteiger partial charge >= 0.3 is 0 Å². The molecule has 0 atom stereocenters. The van der Waals surface area contributed by atoms with Gasteiger partial charge in [-0.1, -0.05) is 25.4 Å². The lowest BCUT2D eigenvalue weighted by atomic mass is 9.86. The number of hydrogen-bond acceptors (Lipinski definition) is 8. The van der Waals surface area contributed by atoms with Crippen LogP contribution >= 0.6 is 27.5 Å². The van der Waals surface area contributed by atoms with E-state index in [0.29, 0.717) is 25.4 Å². The second kappa shape index (κ2) is 10.4. The molecule has 0 aliphatic heterocycles. The maximum absolute atomic E-state index is 12.3. The number of likely N-dealkylation sites (N-methyl/N-ethyl adjacent to an activating group) is 1. The monoisotopic (exact) mass is 539 g/mol. The smallest absolute Gasteiger partial charge is 0.273 e. The molecule has 1 aromatic carbocycles. The minimum absolute atomic E-state index is 0.0113. The topological polar surface area (TPSA) is 142 Å². The van der Waals surface area contributed by atoms with E-state index < -0.39 is 5.91 Å². The Morgan fingerprint density at radius 3 is 2.70 bits per heavy atom. The number of benzene rings is 1. The molecule has 9 nitrogen and oxygen atoms in total. The number of aromatic nitrogens is 2. The van der Waals surface area contributed by atoms with Gasteiger partial charge in [-0.3, -0.25) is 4.79 Å². The number of halogens is 2. The maximum atomic E-state index is 12.3. The molecule has 2 aromatic rings. The van der Waals surface area contributed by atoms with Crippen LogP contribution < -0.4 is 22.1 Å². The molecule has 11 heteroatoms. The molecule has 0 saturated carbocycles. The number of hydrogen-bond donors (Lipinski definition) is 5. The van der Waals surface area contributed by atoms with Crippen molar-refractivity contribution in [3.63, 3.8) is 0 Å². The van der Waals surface area contributed by atoms with Crippen LogP contribution in [0.15, 0.2) is 10.5 Å². The van der Waals surface area contributed by atoms with Gasteiger partial charge in [0, 0.05) is 38.3 Å². The van der Waals surface area contributed by atoms with E-state index in [1.54, 1.807) is 0 Å². The highest BCUT2D eigenvalue weighted by atomic mass is 79.9. The molecule has 0 fully saturated rings. The lowest BCUT2D eigenvalue weighted by Crippen LogP contribution is -2.36. The quantitative estimate of drug-likeness (QED) is 0.305. The van der Waals surface area contributed by atoms with Crippen molar-refractivity contribution in [2.75, 3.05) is 44.7 Å². The normalized spacial score (nSPS) is 14.5. The number of rotatable bonds is 9. The summed E-state index contributed by atoms with van der Waals surface area (Å²) in [6, 6.07) is 2.06. The minimum atomic E-state index is -0.449. The zero-order valence-corrected chi connectivity index (χ0v) is 21.5. The summed E-state index contributed by atoms with van der Waals surface area (Å²) in [6.07, 6.45) is 2.06. The molecule has 0 unspecified atom stereocenters. The first-order valence-corrected chi connectivity index (χ1v) is 12.0. The summed E-state index contributed by atoms with van der Waals surface area (Å²) in [4.78, 5) is 22.1. The lowest BCUT2D eigenvalue weighted by molar-refractivity contribution is 0.0945. The molecule has 1 heterocycles. The van der Waals surface area contributed by atoms with Crippen LogP contribution in [0.5, 0.6) is 5.75 Å². The number of nitrogens with two attached hydrogens (primary N) is 2. The van der Waals surface area contributed by atoms with Crippen molar-refractivity contribution in [3.05, 3.63) is 38.1 Å². The highest BCUT2D eigenvalue weighted by Crippen LogP contribution is 2.45. The first kappa shape index (κ1) is 25.5. The van der Waals surface area contributed by atoms with Crippen molar-refractivity contribution in [1.29, 1.82) is 0 Å². The molecule has 0 radical (unpaired) electrons. The number of carbonyl (C=O) groups excluding carboxylic acids is 1. The molecule has 7 N–H and O–H groups in total. The summed E-state index contributed by atoms with van der Waals surface area (Å²) < 4.78 is 0.744. The van der Waals surface area contributed by atoms with E-state index in [2.05, 4.69) is 61.3 Å². The number of phenols is 1. The molecule has 1 aliphatic rings. The Kier molecular flexibility index (Phi) is 8.04. The van der Waals surface area contributed by atoms with Crippen molar-refractivity contribution in [3.8, 4) is 5.75 Å². The number of carbonyl (C=O) groups is 1. The largest absolute Gasteiger partial charge is 0.506 e. The number of amides is 1. The van der Waals surface area contributed by atoms with Gasteiger partial charge in [0.05, 0.1) is 4.47 Å². The number of aromatic hydroxyl groups is 1. The van der Waals surface area contributed by atoms with Crippen LogP contribution in [0.3, 0.4) is 0 Å². The van der Waals surface area contributed by atoms with Crippen LogP contribution in [0.1, 0.15) is 47.4 Å². The van der Waals surface area contributed by atoms with Gasteiger partial charge in [-0.25, -0.2) is 9.97 Å². The molecule has 0 saturated heterocycles. The molecular formula is C22H31BrClN7O2. The number of nitrogens with one attached hydrogen (secondary N) is 2. The van der Waals surface area contributed by atoms with Gasteiger partial charge < -0.3 is 32.1 Å². The van der Waals surface area contributed by atoms with Crippen LogP contribution in [0.2, 0.25) is 5.15 Å². The van der Waals surface area contributed by atoms with E-state index in [0.717, 1.165) is 36.0 Å². The van der Waals surface area contributed by atoms with E-state index in [-0.39, 0.29) is 27.9 Å². The molecule has 3 rings (SSSR count). The van der Waals surface area contributed by atoms with Crippen molar-refractivity contribution in [2.24, 2.45) is 0 Å². The fourth-order valence-electron chi connectivity index (χ4n) is 4.03. The number of fused-ring (bicyclic) bond motifs is 1. The third kappa shape index (κ3) is 5.87. The summed E-state index contributed by atoms with van der Waals surface area (Å²) in [6.45, 7) is 7.65. The standard InChI is InChI=1S/C22H31BrClN7O2/c1-22(2)5-4-12-13(17(32)15(23)10-14(12)22)11-27-6-8-31(3)9-7-28-21(33)16-19(25)30-20(26)18(24)29-16/h10,27,32H,4-9,11H2,1-3H3,(H,28,33)(H4,25,26,30). The minimum Gasteiger partial charge on any atom is -0.506 e. The summed E-state index contributed by atoms with van der Waals surface area (Å²) >= 11 is 9.33. The van der Waals surface area contributed by atoms with Crippen LogP contribution in [0.25, 0.3) is 0 Å². The SMILES string of the molecule is CN(CCNCc1c(O)c(Br)cc2c1CCC2(C)C)CCNC(=O)c1nc(Cl)c(N)nc1N. The Labute approximate surface area is 207 Å². The molecule has 0 bridgehead atoms. The molecule has 1 amide bonds. The molecular weight excluding hydrogens is 510 g/mol. The molecule has 1 aromatic heterocycles. The van der Waals surface area contributed by atoms with Gasteiger partial charge in [-0.15, -0.1) is 0 Å². The Morgan fingerprint density at radius 2 is 1.97 bits per heavy atom. The predicted octanol–water partition coefficient (Wildman–Crippen LogP) is 2.44. The van der Waals surface area contributed by atoms with Gasteiger partial charge in [-0.05, 0) is 58.4 Å². The number of nitrogens with zero attached hydrogens (tertiary/aromatic N) is 3. The summed E-state index contributed by atoms with van der Waals surface area (Å²) in [5.41, 5.74) is 14.9. The van der Waals surface area contributed by atoms with Crippen LogP contribution in [-0.4, -0.2) is 59.1 Å². The first-order valence-electron chi connectivity index (χ1n) is 10.8. The van der Waals surface area contributed by atoms with Crippen molar-refractivity contribution < 1.29 is 9.90 Å². The van der Waals surface area contributed by atoms with Crippen LogP contribution in [-0.2, 0) is 18.4 Å². The lowest BCUT2D eigenvalue weighted by Gasteiger charge is -2.21. The number of phenolic OH excluding ortho intramolecular Hbond substituents is 1. The van der Waals surface area contributed by atoms with Crippen molar-refractivity contribution in [1.82, 2.24) is 25.5 Å². The molecule has 1 aliphatic carbocycles. The van der Waals surface area contributed by atoms with Gasteiger partial charge in [-0.2, -0.15) is 0 Å². The zero-order chi connectivity index (χ0) is 24.3. The average Bonchev–Trinajstić information content (AvgIpc) is 3.04. The van der Waals surface area contributed by atoms with Crippen LogP contribution in [0, 0.1) is 0 Å². The van der Waals surface area contributed by atoms with Gasteiger partial charge in [0.1, 0.15) is 5.75 Å². The maximum Gasteiger partial charge on any atom is 0.273 e. The fourth-order valence-corrected chi connectivity index (χ4v) is 4.63. The first-order chi connectivity index (χ1) is 15.5. The Bertz CT molecular complexity index is 1050. The van der Waals surface area contributed by atoms with E-state index in [4.69, 9.17) is 23.1 Å². The van der Waals surface area contributed by atoms with E-state index in [1.807, 2.05) is 7.05 Å². The van der Waals surface area contributed by atoms with Crippen molar-refractivity contribution in [2.45, 2.75) is 38.6 Å². The van der Waals surface area contributed by atoms with Gasteiger partial charge in [0.2, 0.25) is 0 Å².